The van der Waals surface area contributed by atoms with Crippen LogP contribution in [0, 0.1) is 5.92 Å². The van der Waals surface area contributed by atoms with Gasteiger partial charge in [-0.1, -0.05) is 0 Å². The minimum atomic E-state index is 0.701. The van der Waals surface area contributed by atoms with Gasteiger partial charge >= 0.3 is 0 Å². The highest BCUT2D eigenvalue weighted by Gasteiger charge is 2.30. The van der Waals surface area contributed by atoms with E-state index in [1.807, 2.05) is 0 Å². The van der Waals surface area contributed by atoms with Crippen molar-refractivity contribution in [1.82, 2.24) is 14.7 Å². The normalized spacial score (nSPS) is 31.7. The molecule has 3 nitrogen and oxygen atoms in total. The van der Waals surface area contributed by atoms with Gasteiger partial charge < -0.3 is 4.90 Å². The molecule has 0 radical (unpaired) electrons. The van der Waals surface area contributed by atoms with Gasteiger partial charge in [0.1, 0.15) is 0 Å². The van der Waals surface area contributed by atoms with Gasteiger partial charge in [0.05, 0.1) is 0 Å². The number of hydrogen-bond donors (Lipinski definition) is 0. The lowest BCUT2D eigenvalue weighted by atomic mass is 10.1. The zero-order chi connectivity index (χ0) is 14.0. The molecule has 2 fully saturated rings. The zero-order valence-electron chi connectivity index (χ0n) is 13.6. The summed E-state index contributed by atoms with van der Waals surface area (Å²) in [4.78, 5) is 7.99. The molecule has 0 N–H and O–H groups in total. The summed E-state index contributed by atoms with van der Waals surface area (Å²) >= 11 is 0. The first-order valence-corrected chi connectivity index (χ1v) is 8.19. The lowest BCUT2D eigenvalue weighted by molar-refractivity contribution is 0.0543. The maximum atomic E-state index is 2.73. The van der Waals surface area contributed by atoms with Crippen LogP contribution in [0.25, 0.3) is 0 Å². The molecule has 3 heteroatoms. The summed E-state index contributed by atoms with van der Waals surface area (Å²) in [5.41, 5.74) is 0. The van der Waals surface area contributed by atoms with E-state index in [-0.39, 0.29) is 0 Å². The Labute approximate surface area is 119 Å². The SMILES string of the molecule is CC(C)N1CC[C@H](CN2CCN(C(C)C)C[C@@H]2C)C1. The van der Waals surface area contributed by atoms with E-state index in [0.717, 1.165) is 18.0 Å². The van der Waals surface area contributed by atoms with Crippen molar-refractivity contribution in [2.45, 2.75) is 59.2 Å². The molecule has 0 spiro atoms. The summed E-state index contributed by atoms with van der Waals surface area (Å²) in [6.45, 7) is 19.4. The molecule has 0 aliphatic carbocycles. The molecule has 0 aromatic rings. The molecule has 2 aliphatic heterocycles. The summed E-state index contributed by atoms with van der Waals surface area (Å²) in [6, 6.07) is 2.15. The highest BCUT2D eigenvalue weighted by Crippen LogP contribution is 2.22. The Balaban J connectivity index is 1.78. The van der Waals surface area contributed by atoms with Crippen molar-refractivity contribution < 1.29 is 0 Å². The molecule has 2 aliphatic rings. The molecule has 112 valence electrons. The van der Waals surface area contributed by atoms with Crippen molar-refractivity contribution in [1.29, 1.82) is 0 Å². The molecule has 2 rings (SSSR count). The van der Waals surface area contributed by atoms with Gasteiger partial charge in [0.2, 0.25) is 0 Å². The summed E-state index contributed by atoms with van der Waals surface area (Å²) in [6.07, 6.45) is 1.40. The Bertz CT molecular complexity index is 277. The lowest BCUT2D eigenvalue weighted by Gasteiger charge is -2.42. The van der Waals surface area contributed by atoms with Crippen molar-refractivity contribution in [3.63, 3.8) is 0 Å². The van der Waals surface area contributed by atoms with Gasteiger partial charge in [0.15, 0.2) is 0 Å². The third kappa shape index (κ3) is 3.93. The zero-order valence-corrected chi connectivity index (χ0v) is 13.6. The van der Waals surface area contributed by atoms with Gasteiger partial charge in [-0.05, 0) is 53.5 Å². The highest BCUT2D eigenvalue weighted by atomic mass is 15.3. The third-order valence-corrected chi connectivity index (χ3v) is 5.07. The summed E-state index contributed by atoms with van der Waals surface area (Å²) in [5.74, 6) is 0.899. The molecule has 2 heterocycles. The predicted octanol–water partition coefficient (Wildman–Crippen LogP) is 2.13. The van der Waals surface area contributed by atoms with Crippen LogP contribution in [-0.2, 0) is 0 Å². The van der Waals surface area contributed by atoms with E-state index >= 15 is 0 Å². The fourth-order valence-corrected chi connectivity index (χ4v) is 3.58. The van der Waals surface area contributed by atoms with Crippen molar-refractivity contribution in [3.8, 4) is 0 Å². The first-order chi connectivity index (χ1) is 8.97. The molecule has 0 unspecified atom stereocenters. The van der Waals surface area contributed by atoms with Crippen LogP contribution in [-0.4, -0.2) is 72.1 Å². The minimum absolute atomic E-state index is 0.701. The van der Waals surface area contributed by atoms with Gasteiger partial charge in [-0.3, -0.25) is 9.80 Å². The second kappa shape index (κ2) is 6.55. The first kappa shape index (κ1) is 15.3. The van der Waals surface area contributed by atoms with E-state index in [0.29, 0.717) is 6.04 Å². The molecule has 0 amide bonds. The van der Waals surface area contributed by atoms with Gasteiger partial charge in [0.25, 0.3) is 0 Å². The Morgan fingerprint density at radius 3 is 2.05 bits per heavy atom. The topological polar surface area (TPSA) is 9.72 Å². The second-order valence-electron chi connectivity index (χ2n) is 7.18. The minimum Gasteiger partial charge on any atom is -0.301 e. The van der Waals surface area contributed by atoms with Crippen LogP contribution in [0.2, 0.25) is 0 Å². The fraction of sp³-hybridized carbons (Fsp3) is 1.00. The van der Waals surface area contributed by atoms with E-state index in [2.05, 4.69) is 49.3 Å². The average Bonchev–Trinajstić information content (AvgIpc) is 2.80. The van der Waals surface area contributed by atoms with Crippen LogP contribution in [0.1, 0.15) is 41.0 Å². The molecule has 2 saturated heterocycles. The van der Waals surface area contributed by atoms with Crippen molar-refractivity contribution >= 4 is 0 Å². The molecular formula is C16H33N3. The standard InChI is InChI=1S/C16H33N3/c1-13(2)17-7-6-16(11-17)12-19-9-8-18(14(3)4)10-15(19)5/h13-16H,6-12H2,1-5H3/t15-,16-/m0/s1. The quantitative estimate of drug-likeness (QED) is 0.772. The predicted molar refractivity (Wildman–Crippen MR) is 82.6 cm³/mol. The fourth-order valence-electron chi connectivity index (χ4n) is 3.58. The number of rotatable bonds is 4. The number of likely N-dealkylation sites (tertiary alicyclic amines) is 1. The number of hydrogen-bond acceptors (Lipinski definition) is 3. The third-order valence-electron chi connectivity index (χ3n) is 5.07. The first-order valence-electron chi connectivity index (χ1n) is 8.19. The van der Waals surface area contributed by atoms with Crippen LogP contribution in [0.4, 0.5) is 0 Å². The van der Waals surface area contributed by atoms with Crippen molar-refractivity contribution in [2.24, 2.45) is 5.92 Å². The van der Waals surface area contributed by atoms with E-state index in [1.54, 1.807) is 0 Å². The van der Waals surface area contributed by atoms with Gasteiger partial charge in [-0.15, -0.1) is 0 Å². The van der Waals surface area contributed by atoms with Crippen LogP contribution in [0.3, 0.4) is 0 Å². The second-order valence-corrected chi connectivity index (χ2v) is 7.18. The molecule has 19 heavy (non-hydrogen) atoms. The Hall–Kier alpha value is -0.120. The molecule has 2 atom stereocenters. The van der Waals surface area contributed by atoms with Crippen LogP contribution < -0.4 is 0 Å². The maximum Gasteiger partial charge on any atom is 0.0195 e. The molecular weight excluding hydrogens is 234 g/mol. The van der Waals surface area contributed by atoms with Crippen LogP contribution in [0.15, 0.2) is 0 Å². The van der Waals surface area contributed by atoms with Crippen molar-refractivity contribution in [2.75, 3.05) is 39.3 Å². The summed E-state index contributed by atoms with van der Waals surface area (Å²) in [5, 5.41) is 0. The molecule has 0 aromatic carbocycles. The van der Waals surface area contributed by atoms with Crippen LogP contribution in [0.5, 0.6) is 0 Å². The van der Waals surface area contributed by atoms with Crippen molar-refractivity contribution in [3.05, 3.63) is 0 Å². The lowest BCUT2D eigenvalue weighted by Crippen LogP contribution is -2.54. The monoisotopic (exact) mass is 267 g/mol. The number of nitrogens with zero attached hydrogens (tertiary/aromatic N) is 3. The van der Waals surface area contributed by atoms with Gasteiger partial charge in [-0.2, -0.15) is 0 Å². The number of piperazine rings is 1. The average molecular weight is 267 g/mol. The van der Waals surface area contributed by atoms with Gasteiger partial charge in [-0.25, -0.2) is 0 Å². The van der Waals surface area contributed by atoms with E-state index < -0.39 is 0 Å². The Kier molecular flexibility index (Phi) is 5.27. The van der Waals surface area contributed by atoms with Gasteiger partial charge in [0, 0.05) is 50.8 Å². The Morgan fingerprint density at radius 2 is 1.53 bits per heavy atom. The molecule has 0 bridgehead atoms. The highest BCUT2D eigenvalue weighted by molar-refractivity contribution is 4.85. The maximum absolute atomic E-state index is 2.73. The molecule has 0 aromatic heterocycles. The smallest absolute Gasteiger partial charge is 0.0195 e. The summed E-state index contributed by atoms with van der Waals surface area (Å²) < 4.78 is 0. The van der Waals surface area contributed by atoms with E-state index in [4.69, 9.17) is 0 Å². The largest absolute Gasteiger partial charge is 0.301 e. The Morgan fingerprint density at radius 1 is 0.895 bits per heavy atom. The van der Waals surface area contributed by atoms with E-state index in [9.17, 15) is 0 Å². The molecule has 0 saturated carbocycles. The van der Waals surface area contributed by atoms with Crippen LogP contribution >= 0.6 is 0 Å². The summed E-state index contributed by atoms with van der Waals surface area (Å²) in [7, 11) is 0. The van der Waals surface area contributed by atoms with E-state index in [1.165, 1.54) is 45.7 Å².